The van der Waals surface area contributed by atoms with Gasteiger partial charge in [-0.3, -0.25) is 10.1 Å². The summed E-state index contributed by atoms with van der Waals surface area (Å²) in [5, 5.41) is 14.5. The van der Waals surface area contributed by atoms with E-state index in [4.69, 9.17) is 4.74 Å². The molecule has 1 aromatic rings. The molecule has 5 nitrogen and oxygen atoms in total. The van der Waals surface area contributed by atoms with Crippen LogP contribution >= 0.6 is 11.8 Å². The predicted octanol–water partition coefficient (Wildman–Crippen LogP) is 2.98. The number of hydrogen-bond acceptors (Lipinski definition) is 5. The van der Waals surface area contributed by atoms with Gasteiger partial charge in [0.2, 0.25) is 0 Å². The number of benzene rings is 1. The van der Waals surface area contributed by atoms with Crippen LogP contribution in [0.1, 0.15) is 24.8 Å². The lowest BCUT2D eigenvalue weighted by atomic mass is 10.2. The van der Waals surface area contributed by atoms with Gasteiger partial charge in [0.05, 0.1) is 11.5 Å². The highest BCUT2D eigenvalue weighted by Crippen LogP contribution is 2.28. The molecule has 1 aliphatic carbocycles. The van der Waals surface area contributed by atoms with Gasteiger partial charge in [-0.05, 0) is 42.9 Å². The van der Waals surface area contributed by atoms with Crippen LogP contribution in [0.2, 0.25) is 0 Å². The molecule has 0 radical (unpaired) electrons. The van der Waals surface area contributed by atoms with Gasteiger partial charge in [0, 0.05) is 18.7 Å². The average Bonchev–Trinajstić information content (AvgIpc) is 3.26. The summed E-state index contributed by atoms with van der Waals surface area (Å²) in [5.74, 6) is 1.36. The second kappa shape index (κ2) is 7.50. The van der Waals surface area contributed by atoms with E-state index in [0.717, 1.165) is 17.7 Å². The molecule has 0 saturated heterocycles. The van der Waals surface area contributed by atoms with Crippen molar-refractivity contribution in [1.29, 1.82) is 0 Å². The second-order valence-corrected chi connectivity index (χ2v) is 5.89. The fraction of sp³-hybridized carbons (Fsp3) is 0.571. The summed E-state index contributed by atoms with van der Waals surface area (Å²) in [6, 6.07) is 5.81. The molecule has 0 aromatic heterocycles. The maximum Gasteiger partial charge on any atom is 0.311 e. The zero-order valence-electron chi connectivity index (χ0n) is 11.6. The lowest BCUT2D eigenvalue weighted by Gasteiger charge is -2.08. The SMILES string of the molecule is CSCCCOc1ccc(CNC2CC2)cc1[N+](=O)[O-]. The monoisotopic (exact) mass is 296 g/mol. The normalized spacial score (nSPS) is 14.2. The van der Waals surface area contributed by atoms with Crippen molar-refractivity contribution in [3.63, 3.8) is 0 Å². The van der Waals surface area contributed by atoms with Crippen LogP contribution in [0.25, 0.3) is 0 Å². The van der Waals surface area contributed by atoms with Crippen molar-refractivity contribution in [2.45, 2.75) is 31.8 Å². The van der Waals surface area contributed by atoms with E-state index in [1.54, 1.807) is 23.9 Å². The quantitative estimate of drug-likeness (QED) is 0.431. The highest BCUT2D eigenvalue weighted by atomic mass is 32.2. The maximum atomic E-state index is 11.1. The van der Waals surface area contributed by atoms with Crippen LogP contribution in [-0.4, -0.2) is 29.6 Å². The lowest BCUT2D eigenvalue weighted by Crippen LogP contribution is -2.15. The molecule has 1 saturated carbocycles. The van der Waals surface area contributed by atoms with E-state index in [9.17, 15) is 10.1 Å². The smallest absolute Gasteiger partial charge is 0.311 e. The summed E-state index contributed by atoms with van der Waals surface area (Å²) in [6.07, 6.45) is 5.34. The Balaban J connectivity index is 1.96. The van der Waals surface area contributed by atoms with Gasteiger partial charge >= 0.3 is 5.69 Å². The first-order valence-electron chi connectivity index (χ1n) is 6.83. The standard InChI is InChI=1S/C14H20N2O3S/c1-20-8-2-7-19-14-6-3-11(9-13(14)16(17)18)10-15-12-4-5-12/h3,6,9,12,15H,2,4-5,7-8,10H2,1H3. The molecule has 0 unspecified atom stereocenters. The average molecular weight is 296 g/mol. The Kier molecular flexibility index (Phi) is 5.67. The Morgan fingerprint density at radius 3 is 2.95 bits per heavy atom. The molecule has 1 N–H and O–H groups in total. The molecule has 0 heterocycles. The van der Waals surface area contributed by atoms with Crippen LogP contribution in [-0.2, 0) is 6.54 Å². The third-order valence-electron chi connectivity index (χ3n) is 3.14. The summed E-state index contributed by atoms with van der Waals surface area (Å²) in [6.45, 7) is 1.19. The Labute approximate surface area is 123 Å². The van der Waals surface area contributed by atoms with Crippen LogP contribution in [0.15, 0.2) is 18.2 Å². The van der Waals surface area contributed by atoms with E-state index in [-0.39, 0.29) is 10.6 Å². The summed E-state index contributed by atoms with van der Waals surface area (Å²) in [7, 11) is 0. The van der Waals surface area contributed by atoms with Gasteiger partial charge in [-0.1, -0.05) is 6.07 Å². The fourth-order valence-electron chi connectivity index (χ4n) is 1.87. The van der Waals surface area contributed by atoms with E-state index in [0.29, 0.717) is 24.9 Å². The molecule has 1 fully saturated rings. The minimum absolute atomic E-state index is 0.0595. The van der Waals surface area contributed by atoms with E-state index < -0.39 is 0 Å². The third-order valence-corrected chi connectivity index (χ3v) is 3.84. The third kappa shape index (κ3) is 4.68. The van der Waals surface area contributed by atoms with E-state index in [1.807, 2.05) is 12.3 Å². The van der Waals surface area contributed by atoms with Crippen LogP contribution in [0.5, 0.6) is 5.75 Å². The molecule has 0 bridgehead atoms. The molecule has 1 aliphatic rings. The number of nitro groups is 1. The largest absolute Gasteiger partial charge is 0.487 e. The first-order valence-corrected chi connectivity index (χ1v) is 8.22. The van der Waals surface area contributed by atoms with Crippen LogP contribution in [0.4, 0.5) is 5.69 Å². The van der Waals surface area contributed by atoms with Crippen molar-refractivity contribution in [2.24, 2.45) is 0 Å². The molecule has 110 valence electrons. The van der Waals surface area contributed by atoms with Crippen molar-refractivity contribution in [1.82, 2.24) is 5.32 Å². The van der Waals surface area contributed by atoms with Crippen LogP contribution in [0, 0.1) is 10.1 Å². The minimum atomic E-state index is -0.371. The molecule has 20 heavy (non-hydrogen) atoms. The van der Waals surface area contributed by atoms with Crippen molar-refractivity contribution >= 4 is 17.4 Å². The van der Waals surface area contributed by atoms with Crippen molar-refractivity contribution in [3.05, 3.63) is 33.9 Å². The summed E-state index contributed by atoms with van der Waals surface area (Å²) < 4.78 is 5.52. The number of ether oxygens (including phenoxy) is 1. The first kappa shape index (κ1) is 15.1. The Bertz CT molecular complexity index is 464. The van der Waals surface area contributed by atoms with Crippen molar-refractivity contribution < 1.29 is 9.66 Å². The highest BCUT2D eigenvalue weighted by Gasteiger charge is 2.21. The van der Waals surface area contributed by atoms with Gasteiger partial charge in [-0.2, -0.15) is 11.8 Å². The lowest BCUT2D eigenvalue weighted by molar-refractivity contribution is -0.385. The molecule has 1 aromatic carbocycles. The summed E-state index contributed by atoms with van der Waals surface area (Å²) in [5.41, 5.74) is 0.990. The van der Waals surface area contributed by atoms with E-state index >= 15 is 0 Å². The Morgan fingerprint density at radius 2 is 2.30 bits per heavy atom. The first-order chi connectivity index (χ1) is 9.70. The van der Waals surface area contributed by atoms with Gasteiger partial charge in [-0.25, -0.2) is 0 Å². The minimum Gasteiger partial charge on any atom is -0.487 e. The number of nitro benzene ring substituents is 1. The van der Waals surface area contributed by atoms with Crippen LogP contribution in [0.3, 0.4) is 0 Å². The van der Waals surface area contributed by atoms with E-state index in [2.05, 4.69) is 5.32 Å². The molecular formula is C14H20N2O3S. The van der Waals surface area contributed by atoms with Crippen LogP contribution < -0.4 is 10.1 Å². The van der Waals surface area contributed by atoms with Crippen molar-refractivity contribution in [2.75, 3.05) is 18.6 Å². The summed E-state index contributed by atoms with van der Waals surface area (Å²) in [4.78, 5) is 10.7. The molecule has 2 rings (SSSR count). The van der Waals surface area contributed by atoms with Gasteiger partial charge in [0.1, 0.15) is 0 Å². The molecule has 6 heteroatoms. The number of rotatable bonds is 9. The number of hydrogen-bond donors (Lipinski definition) is 1. The van der Waals surface area contributed by atoms with Gasteiger partial charge in [-0.15, -0.1) is 0 Å². The topological polar surface area (TPSA) is 64.4 Å². The molecule has 0 atom stereocenters. The maximum absolute atomic E-state index is 11.1. The zero-order valence-corrected chi connectivity index (χ0v) is 12.4. The zero-order chi connectivity index (χ0) is 14.4. The predicted molar refractivity (Wildman–Crippen MR) is 81.5 cm³/mol. The van der Waals surface area contributed by atoms with Crippen molar-refractivity contribution in [3.8, 4) is 5.75 Å². The van der Waals surface area contributed by atoms with Gasteiger partial charge < -0.3 is 10.1 Å². The number of nitrogens with zero attached hydrogens (tertiary/aromatic N) is 1. The fourth-order valence-corrected chi connectivity index (χ4v) is 2.28. The highest BCUT2D eigenvalue weighted by molar-refractivity contribution is 7.98. The van der Waals surface area contributed by atoms with E-state index in [1.165, 1.54) is 12.8 Å². The van der Waals surface area contributed by atoms with Gasteiger partial charge in [0.15, 0.2) is 5.75 Å². The number of nitrogens with one attached hydrogen (secondary N) is 1. The molecule has 0 aliphatic heterocycles. The molecule has 0 spiro atoms. The summed E-state index contributed by atoms with van der Waals surface area (Å²) >= 11 is 1.74. The van der Waals surface area contributed by atoms with Gasteiger partial charge in [0.25, 0.3) is 0 Å². The Morgan fingerprint density at radius 1 is 1.50 bits per heavy atom. The second-order valence-electron chi connectivity index (χ2n) is 4.91. The Hall–Kier alpha value is -1.27. The molecular weight excluding hydrogens is 276 g/mol. The molecule has 0 amide bonds. The number of thioether (sulfide) groups is 1.